The van der Waals surface area contributed by atoms with Gasteiger partial charge in [-0.05, 0) is 54.8 Å². The largest absolute Gasteiger partial charge is 0.0996 e. The van der Waals surface area contributed by atoms with E-state index in [1.807, 2.05) is 0 Å². The van der Waals surface area contributed by atoms with Crippen molar-refractivity contribution in [2.24, 2.45) is 35.5 Å². The fourth-order valence-electron chi connectivity index (χ4n) is 5.57. The van der Waals surface area contributed by atoms with Crippen molar-refractivity contribution >= 4 is 0 Å². The van der Waals surface area contributed by atoms with Crippen molar-refractivity contribution in [3.63, 3.8) is 0 Å². The molecule has 2 saturated carbocycles. The van der Waals surface area contributed by atoms with Crippen molar-refractivity contribution in [1.29, 1.82) is 0 Å². The summed E-state index contributed by atoms with van der Waals surface area (Å²) in [4.78, 5) is 0. The lowest BCUT2D eigenvalue weighted by Crippen LogP contribution is -2.41. The smallest absolute Gasteiger partial charge is 0.0146 e. The fourth-order valence-corrected chi connectivity index (χ4v) is 5.57. The molecule has 0 heteroatoms. The third-order valence-corrected chi connectivity index (χ3v) is 6.57. The highest BCUT2D eigenvalue weighted by Gasteiger charge is 2.43. The Balaban J connectivity index is 2.23. The van der Waals surface area contributed by atoms with Gasteiger partial charge >= 0.3 is 0 Å². The second-order valence-electron chi connectivity index (χ2n) is 8.37. The number of hydrogen-bond donors (Lipinski definition) is 0. The zero-order valence-electron chi connectivity index (χ0n) is 15.0. The monoisotopic (exact) mass is 290 g/mol. The van der Waals surface area contributed by atoms with Gasteiger partial charge in [0.1, 0.15) is 0 Å². The first kappa shape index (κ1) is 17.1. The summed E-state index contributed by atoms with van der Waals surface area (Å²) >= 11 is 0. The van der Waals surface area contributed by atoms with Crippen LogP contribution in [-0.4, -0.2) is 0 Å². The maximum atomic E-state index is 4.56. The summed E-state index contributed by atoms with van der Waals surface area (Å²) in [5.74, 6) is 5.41. The molecule has 0 nitrogen and oxygen atoms in total. The van der Waals surface area contributed by atoms with Gasteiger partial charge in [0.15, 0.2) is 0 Å². The van der Waals surface area contributed by atoms with E-state index in [0.29, 0.717) is 0 Å². The van der Waals surface area contributed by atoms with Crippen LogP contribution in [0.5, 0.6) is 0 Å². The number of hydrogen-bond acceptors (Lipinski definition) is 0. The molecule has 0 amide bonds. The predicted molar refractivity (Wildman–Crippen MR) is 94.3 cm³/mol. The Kier molecular flexibility index (Phi) is 6.38. The van der Waals surface area contributed by atoms with E-state index in [-0.39, 0.29) is 0 Å². The molecule has 4 atom stereocenters. The van der Waals surface area contributed by atoms with Gasteiger partial charge in [-0.1, -0.05) is 78.4 Å². The molecule has 122 valence electrons. The maximum absolute atomic E-state index is 4.56. The Bertz CT molecular complexity index is 321. The first-order valence-corrected chi connectivity index (χ1v) is 9.73. The SMILES string of the molecule is C=C(CCC)C1C(C)CCC(C(C)C)C1C1CCCCC1. The molecule has 0 aliphatic heterocycles. The summed E-state index contributed by atoms with van der Waals surface area (Å²) < 4.78 is 0. The molecule has 0 spiro atoms. The predicted octanol–water partition coefficient (Wildman–Crippen LogP) is 6.86. The van der Waals surface area contributed by atoms with Crippen LogP contribution in [0.25, 0.3) is 0 Å². The van der Waals surface area contributed by atoms with Crippen LogP contribution in [0.1, 0.15) is 85.5 Å². The van der Waals surface area contributed by atoms with Gasteiger partial charge in [0.05, 0.1) is 0 Å². The number of allylic oxidation sites excluding steroid dienone is 1. The van der Waals surface area contributed by atoms with Crippen molar-refractivity contribution in [2.75, 3.05) is 0 Å². The lowest BCUT2D eigenvalue weighted by Gasteiger charge is -2.49. The molecule has 2 fully saturated rings. The minimum absolute atomic E-state index is 0.814. The van der Waals surface area contributed by atoms with Gasteiger partial charge in [-0.2, -0.15) is 0 Å². The first-order valence-electron chi connectivity index (χ1n) is 9.73. The lowest BCUT2D eigenvalue weighted by atomic mass is 9.56. The molecule has 2 aliphatic rings. The molecule has 0 bridgehead atoms. The second-order valence-corrected chi connectivity index (χ2v) is 8.37. The van der Waals surface area contributed by atoms with Crippen LogP contribution in [0, 0.1) is 35.5 Å². The highest BCUT2D eigenvalue weighted by molar-refractivity contribution is 5.09. The summed E-state index contributed by atoms with van der Waals surface area (Å²) in [5, 5.41) is 0. The standard InChI is InChI=1S/C21H38/c1-6-10-16(4)20-17(5)13-14-19(15(2)3)21(20)18-11-8-7-9-12-18/h15,17-21H,4,6-14H2,1-3,5H3. The van der Waals surface area contributed by atoms with E-state index < -0.39 is 0 Å². The van der Waals surface area contributed by atoms with Crippen molar-refractivity contribution in [2.45, 2.75) is 85.5 Å². The van der Waals surface area contributed by atoms with Crippen LogP contribution in [0.3, 0.4) is 0 Å². The van der Waals surface area contributed by atoms with Crippen LogP contribution in [0.4, 0.5) is 0 Å². The Labute approximate surface area is 133 Å². The molecule has 0 N–H and O–H groups in total. The maximum Gasteiger partial charge on any atom is -0.0146 e. The van der Waals surface area contributed by atoms with Gasteiger partial charge in [-0.15, -0.1) is 0 Å². The molecule has 0 aromatic heterocycles. The average molecular weight is 291 g/mol. The Morgan fingerprint density at radius 2 is 1.71 bits per heavy atom. The third kappa shape index (κ3) is 3.93. The fraction of sp³-hybridized carbons (Fsp3) is 0.905. The van der Waals surface area contributed by atoms with E-state index in [4.69, 9.17) is 0 Å². The van der Waals surface area contributed by atoms with E-state index in [1.54, 1.807) is 5.57 Å². The Morgan fingerprint density at radius 1 is 1.05 bits per heavy atom. The molecule has 0 saturated heterocycles. The molecular formula is C21H38. The van der Waals surface area contributed by atoms with Gasteiger partial charge < -0.3 is 0 Å². The van der Waals surface area contributed by atoms with Gasteiger partial charge in [0, 0.05) is 0 Å². The van der Waals surface area contributed by atoms with E-state index >= 15 is 0 Å². The third-order valence-electron chi connectivity index (χ3n) is 6.57. The quantitative estimate of drug-likeness (QED) is 0.485. The molecule has 0 aromatic carbocycles. The summed E-state index contributed by atoms with van der Waals surface area (Å²) in [6.07, 6.45) is 12.9. The Morgan fingerprint density at radius 3 is 2.29 bits per heavy atom. The molecular weight excluding hydrogens is 252 g/mol. The van der Waals surface area contributed by atoms with Gasteiger partial charge in [0.2, 0.25) is 0 Å². The second kappa shape index (κ2) is 7.84. The summed E-state index contributed by atoms with van der Waals surface area (Å²) in [6.45, 7) is 14.3. The molecule has 0 aromatic rings. The Hall–Kier alpha value is -0.260. The highest BCUT2D eigenvalue weighted by atomic mass is 14.5. The van der Waals surface area contributed by atoms with Crippen LogP contribution in [-0.2, 0) is 0 Å². The summed E-state index contributed by atoms with van der Waals surface area (Å²) in [6, 6.07) is 0. The van der Waals surface area contributed by atoms with Crippen molar-refractivity contribution in [1.82, 2.24) is 0 Å². The van der Waals surface area contributed by atoms with E-state index in [0.717, 1.165) is 35.5 Å². The summed E-state index contributed by atoms with van der Waals surface area (Å²) in [5.41, 5.74) is 1.59. The van der Waals surface area contributed by atoms with Crippen LogP contribution in [0.2, 0.25) is 0 Å². The van der Waals surface area contributed by atoms with E-state index in [1.165, 1.54) is 57.8 Å². The first-order chi connectivity index (χ1) is 10.1. The molecule has 2 rings (SSSR count). The van der Waals surface area contributed by atoms with Crippen LogP contribution < -0.4 is 0 Å². The van der Waals surface area contributed by atoms with Crippen molar-refractivity contribution in [3.8, 4) is 0 Å². The van der Waals surface area contributed by atoms with Gasteiger partial charge in [-0.3, -0.25) is 0 Å². The normalized spacial score (nSPS) is 35.1. The van der Waals surface area contributed by atoms with Crippen LogP contribution >= 0.6 is 0 Å². The highest BCUT2D eigenvalue weighted by Crippen LogP contribution is 2.51. The van der Waals surface area contributed by atoms with Gasteiger partial charge in [-0.25, -0.2) is 0 Å². The minimum atomic E-state index is 0.814. The average Bonchev–Trinajstić information content (AvgIpc) is 2.47. The van der Waals surface area contributed by atoms with E-state index in [2.05, 4.69) is 34.3 Å². The van der Waals surface area contributed by atoms with E-state index in [9.17, 15) is 0 Å². The topological polar surface area (TPSA) is 0 Å². The zero-order valence-corrected chi connectivity index (χ0v) is 15.0. The number of rotatable bonds is 5. The van der Waals surface area contributed by atoms with Gasteiger partial charge in [0.25, 0.3) is 0 Å². The van der Waals surface area contributed by atoms with Crippen LogP contribution in [0.15, 0.2) is 12.2 Å². The molecule has 4 unspecified atom stereocenters. The molecule has 0 heterocycles. The summed E-state index contributed by atoms with van der Waals surface area (Å²) in [7, 11) is 0. The zero-order chi connectivity index (χ0) is 15.4. The molecule has 2 aliphatic carbocycles. The molecule has 0 radical (unpaired) electrons. The molecule has 21 heavy (non-hydrogen) atoms. The van der Waals surface area contributed by atoms with Crippen molar-refractivity contribution in [3.05, 3.63) is 12.2 Å². The minimum Gasteiger partial charge on any atom is -0.0996 e. The van der Waals surface area contributed by atoms with Crippen molar-refractivity contribution < 1.29 is 0 Å². The lowest BCUT2D eigenvalue weighted by molar-refractivity contribution is 0.0280.